The lowest BCUT2D eigenvalue weighted by molar-refractivity contribution is -0.121. The van der Waals surface area contributed by atoms with Crippen LogP contribution in [0.1, 0.15) is 24.7 Å². The maximum absolute atomic E-state index is 11.2. The van der Waals surface area contributed by atoms with E-state index in [0.29, 0.717) is 12.4 Å². The Morgan fingerprint density at radius 1 is 1.50 bits per heavy atom. The first kappa shape index (κ1) is 12.6. The van der Waals surface area contributed by atoms with Gasteiger partial charge in [-0.25, -0.2) is 9.97 Å². The average molecular weight is 249 g/mol. The first-order valence-corrected chi connectivity index (χ1v) is 6.20. The van der Waals surface area contributed by atoms with Crippen LogP contribution in [0.25, 0.3) is 0 Å². The molecule has 2 rings (SSSR count). The molecule has 0 spiro atoms. The highest BCUT2D eigenvalue weighted by Crippen LogP contribution is 2.27. The van der Waals surface area contributed by atoms with Gasteiger partial charge in [0.2, 0.25) is 5.91 Å². The first-order chi connectivity index (χ1) is 8.52. The van der Waals surface area contributed by atoms with Crippen molar-refractivity contribution in [3.8, 4) is 0 Å². The summed E-state index contributed by atoms with van der Waals surface area (Å²) in [5, 5.41) is 0. The number of hydrogen-bond acceptors (Lipinski definition) is 5. The molecule has 1 aliphatic heterocycles. The Balaban J connectivity index is 2.29. The number of rotatable bonds is 3. The zero-order valence-electron chi connectivity index (χ0n) is 10.8. The molecule has 6 heteroatoms. The molecule has 0 aliphatic carbocycles. The van der Waals surface area contributed by atoms with Gasteiger partial charge in [0.1, 0.15) is 17.5 Å². The van der Waals surface area contributed by atoms with Gasteiger partial charge in [0.15, 0.2) is 0 Å². The summed E-state index contributed by atoms with van der Waals surface area (Å²) in [5.41, 5.74) is 12.1. The highest BCUT2D eigenvalue weighted by molar-refractivity contribution is 5.78. The normalized spacial score (nSPS) is 19.2. The molecule has 0 aromatic carbocycles. The number of anilines is 2. The molecule has 18 heavy (non-hydrogen) atoms. The average Bonchev–Trinajstić information content (AvgIpc) is 2.82. The fourth-order valence-corrected chi connectivity index (χ4v) is 2.22. The fraction of sp³-hybridized carbons (Fsp3) is 0.583. The third-order valence-electron chi connectivity index (χ3n) is 3.41. The Morgan fingerprint density at radius 2 is 2.22 bits per heavy atom. The Hall–Kier alpha value is -1.85. The molecule has 1 atom stereocenters. The summed E-state index contributed by atoms with van der Waals surface area (Å²) in [4.78, 5) is 22.0. The number of carbonyl (C=O) groups is 1. The molecule has 1 aromatic heterocycles. The minimum atomic E-state index is -0.243. The van der Waals surface area contributed by atoms with Crippen LogP contribution in [0.4, 0.5) is 11.6 Å². The van der Waals surface area contributed by atoms with E-state index in [9.17, 15) is 4.79 Å². The summed E-state index contributed by atoms with van der Waals surface area (Å²) in [6.07, 6.45) is 1.52. The van der Waals surface area contributed by atoms with E-state index in [1.54, 1.807) is 0 Å². The van der Waals surface area contributed by atoms with Gasteiger partial charge in [0.05, 0.1) is 5.92 Å². The quantitative estimate of drug-likeness (QED) is 0.799. The van der Waals surface area contributed by atoms with Crippen LogP contribution in [-0.4, -0.2) is 29.0 Å². The Kier molecular flexibility index (Phi) is 3.36. The van der Waals surface area contributed by atoms with Gasteiger partial charge in [0.25, 0.3) is 0 Å². The van der Waals surface area contributed by atoms with Crippen molar-refractivity contribution in [2.24, 2.45) is 11.7 Å². The molecule has 1 fully saturated rings. The number of aryl methyl sites for hydroxylation is 1. The highest BCUT2D eigenvalue weighted by Gasteiger charge is 2.28. The van der Waals surface area contributed by atoms with Crippen molar-refractivity contribution in [2.75, 3.05) is 23.7 Å². The van der Waals surface area contributed by atoms with E-state index in [4.69, 9.17) is 11.5 Å². The van der Waals surface area contributed by atoms with Gasteiger partial charge in [-0.3, -0.25) is 4.79 Å². The van der Waals surface area contributed by atoms with E-state index in [-0.39, 0.29) is 11.8 Å². The van der Waals surface area contributed by atoms with Crippen LogP contribution >= 0.6 is 0 Å². The number of primary amides is 1. The van der Waals surface area contributed by atoms with Crippen LogP contribution in [0, 0.1) is 12.8 Å². The topological polar surface area (TPSA) is 98.1 Å². The van der Waals surface area contributed by atoms with Gasteiger partial charge < -0.3 is 16.4 Å². The van der Waals surface area contributed by atoms with E-state index >= 15 is 0 Å². The minimum Gasteiger partial charge on any atom is -0.383 e. The van der Waals surface area contributed by atoms with Crippen LogP contribution in [-0.2, 0) is 11.2 Å². The molecule has 1 aromatic rings. The van der Waals surface area contributed by atoms with Crippen LogP contribution < -0.4 is 16.4 Å². The monoisotopic (exact) mass is 249 g/mol. The number of nitrogens with two attached hydrogens (primary N) is 2. The molecule has 2 heterocycles. The van der Waals surface area contributed by atoms with Crippen molar-refractivity contribution in [1.29, 1.82) is 0 Å². The second kappa shape index (κ2) is 4.80. The van der Waals surface area contributed by atoms with Gasteiger partial charge in [-0.2, -0.15) is 0 Å². The third-order valence-corrected chi connectivity index (χ3v) is 3.41. The summed E-state index contributed by atoms with van der Waals surface area (Å²) >= 11 is 0. The number of carbonyl (C=O) groups excluding carboxylic acids is 1. The van der Waals surface area contributed by atoms with E-state index in [0.717, 1.165) is 36.6 Å². The first-order valence-electron chi connectivity index (χ1n) is 6.20. The SMILES string of the molecule is CCc1nc(N)c(C)c(N2CCC(C(N)=O)C2)n1. The van der Waals surface area contributed by atoms with Crippen molar-refractivity contribution >= 4 is 17.5 Å². The number of nitrogens with zero attached hydrogens (tertiary/aromatic N) is 3. The third kappa shape index (κ3) is 2.23. The molecule has 1 saturated heterocycles. The summed E-state index contributed by atoms with van der Waals surface area (Å²) in [5.74, 6) is 1.75. The number of amides is 1. The van der Waals surface area contributed by atoms with Crippen molar-refractivity contribution in [1.82, 2.24) is 9.97 Å². The molecule has 0 radical (unpaired) electrons. The molecule has 0 bridgehead atoms. The zero-order chi connectivity index (χ0) is 13.3. The molecule has 1 aliphatic rings. The summed E-state index contributed by atoms with van der Waals surface area (Å²) in [6, 6.07) is 0. The molecule has 0 saturated carbocycles. The smallest absolute Gasteiger partial charge is 0.222 e. The molecule has 1 amide bonds. The largest absolute Gasteiger partial charge is 0.383 e. The summed E-state index contributed by atoms with van der Waals surface area (Å²) in [7, 11) is 0. The van der Waals surface area contributed by atoms with Gasteiger partial charge in [0, 0.05) is 25.1 Å². The van der Waals surface area contributed by atoms with Gasteiger partial charge >= 0.3 is 0 Å². The Labute approximate surface area is 106 Å². The summed E-state index contributed by atoms with van der Waals surface area (Å²) < 4.78 is 0. The van der Waals surface area contributed by atoms with Crippen molar-refractivity contribution in [3.05, 3.63) is 11.4 Å². The van der Waals surface area contributed by atoms with Crippen molar-refractivity contribution < 1.29 is 4.79 Å². The van der Waals surface area contributed by atoms with Gasteiger partial charge in [-0.05, 0) is 13.3 Å². The predicted molar refractivity (Wildman–Crippen MR) is 70.1 cm³/mol. The molecular weight excluding hydrogens is 230 g/mol. The van der Waals surface area contributed by atoms with E-state index in [2.05, 4.69) is 14.9 Å². The van der Waals surface area contributed by atoms with Crippen molar-refractivity contribution in [2.45, 2.75) is 26.7 Å². The maximum atomic E-state index is 11.2. The van der Waals surface area contributed by atoms with Gasteiger partial charge in [-0.15, -0.1) is 0 Å². The highest BCUT2D eigenvalue weighted by atomic mass is 16.1. The fourth-order valence-electron chi connectivity index (χ4n) is 2.22. The summed E-state index contributed by atoms with van der Waals surface area (Å²) in [6.45, 7) is 5.30. The Bertz CT molecular complexity index is 474. The lowest BCUT2D eigenvalue weighted by atomic mass is 10.1. The predicted octanol–water partition coefficient (Wildman–Crippen LogP) is 0.241. The van der Waals surface area contributed by atoms with Crippen LogP contribution in [0.2, 0.25) is 0 Å². The molecule has 6 nitrogen and oxygen atoms in total. The second-order valence-electron chi connectivity index (χ2n) is 4.66. The second-order valence-corrected chi connectivity index (χ2v) is 4.66. The molecule has 98 valence electrons. The Morgan fingerprint density at radius 3 is 2.78 bits per heavy atom. The van der Waals surface area contributed by atoms with E-state index in [1.807, 2.05) is 13.8 Å². The van der Waals surface area contributed by atoms with E-state index < -0.39 is 0 Å². The number of aromatic nitrogens is 2. The van der Waals surface area contributed by atoms with Crippen LogP contribution in [0.5, 0.6) is 0 Å². The van der Waals surface area contributed by atoms with Crippen molar-refractivity contribution in [3.63, 3.8) is 0 Å². The lowest BCUT2D eigenvalue weighted by Crippen LogP contribution is -2.28. The van der Waals surface area contributed by atoms with E-state index in [1.165, 1.54) is 0 Å². The molecule has 4 N–H and O–H groups in total. The van der Waals surface area contributed by atoms with Gasteiger partial charge in [-0.1, -0.05) is 6.92 Å². The number of nitrogen functional groups attached to an aromatic ring is 1. The standard InChI is InChI=1S/C12H19N5O/c1-3-9-15-10(13)7(2)12(16-9)17-5-4-8(6-17)11(14)18/h8H,3-6H2,1-2H3,(H2,14,18)(H2,13,15,16). The lowest BCUT2D eigenvalue weighted by Gasteiger charge is -2.20. The molecular formula is C12H19N5O. The molecule has 1 unspecified atom stereocenters. The van der Waals surface area contributed by atoms with Crippen LogP contribution in [0.15, 0.2) is 0 Å². The number of hydrogen-bond donors (Lipinski definition) is 2. The van der Waals surface area contributed by atoms with Crippen LogP contribution in [0.3, 0.4) is 0 Å². The minimum absolute atomic E-state index is 0.0920. The zero-order valence-corrected chi connectivity index (χ0v) is 10.8. The maximum Gasteiger partial charge on any atom is 0.222 e.